The van der Waals surface area contributed by atoms with Crippen LogP contribution < -0.4 is 10.6 Å². The number of hydrogen-bond donors (Lipinski definition) is 2. The van der Waals surface area contributed by atoms with Crippen LogP contribution in [0.5, 0.6) is 0 Å². The first-order chi connectivity index (χ1) is 9.95. The highest BCUT2D eigenvalue weighted by Crippen LogP contribution is 2.10. The molecule has 1 aromatic carbocycles. The first-order valence-electron chi connectivity index (χ1n) is 6.28. The molecule has 0 bridgehead atoms. The molecule has 0 aliphatic carbocycles. The van der Waals surface area contributed by atoms with Gasteiger partial charge in [-0.15, -0.1) is 0 Å². The van der Waals surface area contributed by atoms with E-state index in [9.17, 15) is 8.42 Å². The smallest absolute Gasteiger partial charge is 0.175 e. The van der Waals surface area contributed by atoms with Crippen molar-refractivity contribution in [3.63, 3.8) is 0 Å². The molecule has 0 fully saturated rings. The minimum absolute atomic E-state index is 0.310. The zero-order valence-corrected chi connectivity index (χ0v) is 13.1. The maximum atomic E-state index is 11.4. The van der Waals surface area contributed by atoms with Crippen molar-refractivity contribution in [1.29, 1.82) is 0 Å². The molecule has 2 aromatic rings. The van der Waals surface area contributed by atoms with Crippen molar-refractivity contribution in [2.75, 3.05) is 6.26 Å². The highest BCUT2D eigenvalue weighted by Gasteiger charge is 2.06. The number of thiocarbonyl (C=S) groups is 1. The Kier molecular flexibility index (Phi) is 4.98. The Morgan fingerprint density at radius 1 is 1.14 bits per heavy atom. The molecule has 5 nitrogen and oxygen atoms in total. The van der Waals surface area contributed by atoms with Gasteiger partial charge >= 0.3 is 0 Å². The molecule has 0 aliphatic rings. The molecule has 0 saturated heterocycles. The third kappa shape index (κ3) is 4.87. The van der Waals surface area contributed by atoms with Crippen molar-refractivity contribution in [1.82, 2.24) is 10.6 Å². The van der Waals surface area contributed by atoms with Gasteiger partial charge in [-0.3, -0.25) is 0 Å². The molecule has 2 rings (SSSR count). The standard InChI is InChI=1S/C14H16N2O3S2/c1-21(17,18)13-6-4-11(5-7-13)9-15-14(20)16-10-12-3-2-8-19-12/h2-8H,9-10H2,1H3,(H2,15,16,20). The zero-order chi connectivity index (χ0) is 15.3. The van der Waals surface area contributed by atoms with Crippen LogP contribution in [0.3, 0.4) is 0 Å². The monoisotopic (exact) mass is 324 g/mol. The number of sulfone groups is 1. The third-order valence-corrected chi connectivity index (χ3v) is 4.22. The van der Waals surface area contributed by atoms with Crippen molar-refractivity contribution in [3.8, 4) is 0 Å². The Morgan fingerprint density at radius 3 is 2.38 bits per heavy atom. The van der Waals surface area contributed by atoms with E-state index in [1.54, 1.807) is 30.5 Å². The van der Waals surface area contributed by atoms with E-state index in [0.29, 0.717) is 23.1 Å². The molecule has 1 heterocycles. The van der Waals surface area contributed by atoms with Gasteiger partial charge in [0, 0.05) is 12.8 Å². The quantitative estimate of drug-likeness (QED) is 0.818. The number of nitrogens with one attached hydrogen (secondary N) is 2. The third-order valence-electron chi connectivity index (χ3n) is 2.81. The fraction of sp³-hybridized carbons (Fsp3) is 0.214. The van der Waals surface area contributed by atoms with E-state index < -0.39 is 9.84 Å². The molecular weight excluding hydrogens is 308 g/mol. The highest BCUT2D eigenvalue weighted by atomic mass is 32.2. The van der Waals surface area contributed by atoms with Crippen molar-refractivity contribution in [2.24, 2.45) is 0 Å². The normalized spacial score (nSPS) is 11.1. The van der Waals surface area contributed by atoms with Gasteiger partial charge in [0.25, 0.3) is 0 Å². The summed E-state index contributed by atoms with van der Waals surface area (Å²) in [6.07, 6.45) is 2.80. The summed E-state index contributed by atoms with van der Waals surface area (Å²) in [5, 5.41) is 6.58. The Hall–Kier alpha value is -1.86. The summed E-state index contributed by atoms with van der Waals surface area (Å²) in [5.41, 5.74) is 0.949. The summed E-state index contributed by atoms with van der Waals surface area (Å²) in [4.78, 5) is 0.310. The summed E-state index contributed by atoms with van der Waals surface area (Å²) >= 11 is 5.15. The van der Waals surface area contributed by atoms with Gasteiger partial charge in [0.2, 0.25) is 0 Å². The van der Waals surface area contributed by atoms with E-state index in [1.165, 1.54) is 6.26 Å². The molecule has 112 valence electrons. The van der Waals surface area contributed by atoms with Crippen LogP contribution in [0.15, 0.2) is 52.0 Å². The summed E-state index contributed by atoms with van der Waals surface area (Å²) in [5.74, 6) is 0.802. The topological polar surface area (TPSA) is 71.3 Å². The molecule has 0 unspecified atom stereocenters. The predicted molar refractivity (Wildman–Crippen MR) is 84.5 cm³/mol. The van der Waals surface area contributed by atoms with Gasteiger partial charge in [-0.25, -0.2) is 8.42 Å². The molecule has 0 amide bonds. The number of hydrogen-bond acceptors (Lipinski definition) is 4. The average molecular weight is 324 g/mol. The Labute approximate surface area is 129 Å². The second-order valence-electron chi connectivity index (χ2n) is 4.53. The summed E-state index contributed by atoms with van der Waals surface area (Å²) in [6, 6.07) is 10.4. The number of benzene rings is 1. The number of rotatable bonds is 5. The van der Waals surface area contributed by atoms with E-state index in [1.807, 2.05) is 12.1 Å². The van der Waals surface area contributed by atoms with E-state index >= 15 is 0 Å². The van der Waals surface area contributed by atoms with Crippen LogP contribution in [0.25, 0.3) is 0 Å². The largest absolute Gasteiger partial charge is 0.467 e. The van der Waals surface area contributed by atoms with E-state index in [2.05, 4.69) is 10.6 Å². The van der Waals surface area contributed by atoms with Crippen molar-refractivity contribution >= 4 is 27.2 Å². The van der Waals surface area contributed by atoms with Crippen molar-refractivity contribution in [3.05, 3.63) is 54.0 Å². The highest BCUT2D eigenvalue weighted by molar-refractivity contribution is 7.90. The SMILES string of the molecule is CS(=O)(=O)c1ccc(CNC(=S)NCc2ccco2)cc1. The van der Waals surface area contributed by atoms with Crippen LogP contribution in [0.2, 0.25) is 0 Å². The van der Waals surface area contributed by atoms with E-state index in [0.717, 1.165) is 11.3 Å². The molecule has 0 radical (unpaired) electrons. The van der Waals surface area contributed by atoms with Gasteiger partial charge in [-0.05, 0) is 42.0 Å². The molecular formula is C14H16N2O3S2. The van der Waals surface area contributed by atoms with Crippen LogP contribution in [-0.4, -0.2) is 19.8 Å². The molecule has 21 heavy (non-hydrogen) atoms. The molecule has 7 heteroatoms. The molecule has 2 N–H and O–H groups in total. The van der Waals surface area contributed by atoms with Crippen LogP contribution in [0.4, 0.5) is 0 Å². The molecule has 0 aliphatic heterocycles. The second kappa shape index (κ2) is 6.73. The van der Waals surface area contributed by atoms with Crippen LogP contribution >= 0.6 is 12.2 Å². The van der Waals surface area contributed by atoms with Gasteiger partial charge in [-0.2, -0.15) is 0 Å². The van der Waals surface area contributed by atoms with Crippen molar-refractivity contribution in [2.45, 2.75) is 18.0 Å². The van der Waals surface area contributed by atoms with Gasteiger partial charge in [-0.1, -0.05) is 12.1 Å². The first-order valence-corrected chi connectivity index (χ1v) is 8.58. The van der Waals surface area contributed by atoms with Gasteiger partial charge < -0.3 is 15.1 Å². The minimum atomic E-state index is -3.15. The van der Waals surface area contributed by atoms with E-state index in [4.69, 9.17) is 16.6 Å². The molecule has 0 atom stereocenters. The van der Waals surface area contributed by atoms with Crippen LogP contribution in [0, 0.1) is 0 Å². The van der Waals surface area contributed by atoms with Gasteiger partial charge in [0.15, 0.2) is 14.9 Å². The lowest BCUT2D eigenvalue weighted by molar-refractivity contribution is 0.502. The fourth-order valence-corrected chi connectivity index (χ4v) is 2.45. The zero-order valence-electron chi connectivity index (χ0n) is 11.5. The summed E-state index contributed by atoms with van der Waals surface area (Å²) in [7, 11) is -3.15. The maximum Gasteiger partial charge on any atom is 0.175 e. The molecule has 1 aromatic heterocycles. The lowest BCUT2D eigenvalue weighted by Gasteiger charge is -2.09. The summed E-state index contributed by atoms with van der Waals surface area (Å²) in [6.45, 7) is 1.04. The second-order valence-corrected chi connectivity index (χ2v) is 6.96. The fourth-order valence-electron chi connectivity index (χ4n) is 1.68. The van der Waals surface area contributed by atoms with Crippen LogP contribution in [-0.2, 0) is 22.9 Å². The summed E-state index contributed by atoms with van der Waals surface area (Å²) < 4.78 is 27.9. The Balaban J connectivity index is 1.81. The molecule has 0 spiro atoms. The maximum absolute atomic E-state index is 11.4. The lowest BCUT2D eigenvalue weighted by Crippen LogP contribution is -2.34. The minimum Gasteiger partial charge on any atom is -0.467 e. The first kappa shape index (κ1) is 15.5. The average Bonchev–Trinajstić information content (AvgIpc) is 2.95. The van der Waals surface area contributed by atoms with Gasteiger partial charge in [0.1, 0.15) is 5.76 Å². The van der Waals surface area contributed by atoms with Crippen LogP contribution in [0.1, 0.15) is 11.3 Å². The van der Waals surface area contributed by atoms with Gasteiger partial charge in [0.05, 0.1) is 17.7 Å². The lowest BCUT2D eigenvalue weighted by atomic mass is 10.2. The number of furan rings is 1. The van der Waals surface area contributed by atoms with E-state index in [-0.39, 0.29) is 0 Å². The Morgan fingerprint density at radius 2 is 1.81 bits per heavy atom. The van der Waals surface area contributed by atoms with Crippen molar-refractivity contribution < 1.29 is 12.8 Å². The Bertz CT molecular complexity index is 692. The molecule has 0 saturated carbocycles. The predicted octanol–water partition coefficient (Wildman–Crippen LogP) is 1.85.